The monoisotopic (exact) mass is 434 g/mol. The van der Waals surface area contributed by atoms with Crippen LogP contribution in [0.15, 0.2) is 75.7 Å². The molecule has 0 aliphatic rings. The Labute approximate surface area is 171 Å². The van der Waals surface area contributed by atoms with E-state index < -0.39 is 9.84 Å². The number of aromatic nitrogens is 2. The zero-order chi connectivity index (χ0) is 20.1. The van der Waals surface area contributed by atoms with Gasteiger partial charge in [0.1, 0.15) is 10.7 Å². The van der Waals surface area contributed by atoms with Gasteiger partial charge in [0.25, 0.3) is 0 Å². The molecule has 0 atom stereocenters. The van der Waals surface area contributed by atoms with Crippen LogP contribution in [-0.2, 0) is 14.6 Å². The fourth-order valence-corrected chi connectivity index (χ4v) is 4.36. The Morgan fingerprint density at radius 1 is 1.14 bits per heavy atom. The van der Waals surface area contributed by atoms with Gasteiger partial charge >= 0.3 is 0 Å². The number of carbonyl (C=O) groups excluding carboxylic acids is 1. The van der Waals surface area contributed by atoms with Crippen molar-refractivity contribution in [2.45, 2.75) is 14.9 Å². The van der Waals surface area contributed by atoms with Crippen LogP contribution in [0.5, 0.6) is 0 Å². The fraction of sp³-hybridized carbons (Fsp3) is 0.0556. The number of sulfone groups is 1. The van der Waals surface area contributed by atoms with Crippen LogP contribution in [0.3, 0.4) is 0 Å². The van der Waals surface area contributed by atoms with Crippen LogP contribution < -0.4 is 11.1 Å². The molecule has 28 heavy (non-hydrogen) atoms. The van der Waals surface area contributed by atoms with E-state index >= 15 is 0 Å². The maximum absolute atomic E-state index is 12.6. The van der Waals surface area contributed by atoms with Crippen molar-refractivity contribution in [3.8, 4) is 0 Å². The maximum atomic E-state index is 12.6. The van der Waals surface area contributed by atoms with Gasteiger partial charge in [0.15, 0.2) is 5.16 Å². The molecular formula is C18H15ClN4O3S2. The van der Waals surface area contributed by atoms with Gasteiger partial charge in [0.05, 0.1) is 16.8 Å². The number of hydrogen-bond donors (Lipinski definition) is 2. The molecule has 0 saturated heterocycles. The first kappa shape index (κ1) is 20.1. The van der Waals surface area contributed by atoms with Gasteiger partial charge in [-0.05, 0) is 30.3 Å². The smallest absolute Gasteiger partial charge is 0.234 e. The summed E-state index contributed by atoms with van der Waals surface area (Å²) in [6.07, 6.45) is 1.15. The molecule has 0 radical (unpaired) electrons. The van der Waals surface area contributed by atoms with Crippen molar-refractivity contribution in [2.24, 2.45) is 0 Å². The minimum absolute atomic E-state index is 0.0245. The third-order valence-electron chi connectivity index (χ3n) is 3.54. The molecule has 0 fully saturated rings. The molecule has 0 saturated carbocycles. The number of nitrogens with one attached hydrogen (secondary N) is 1. The van der Waals surface area contributed by atoms with E-state index in [4.69, 9.17) is 17.3 Å². The Morgan fingerprint density at radius 3 is 2.57 bits per heavy atom. The maximum Gasteiger partial charge on any atom is 0.234 e. The van der Waals surface area contributed by atoms with Gasteiger partial charge in [-0.1, -0.05) is 47.6 Å². The molecule has 7 nitrogen and oxygen atoms in total. The number of nitrogen functional groups attached to an aromatic ring is 1. The number of hydrogen-bond acceptors (Lipinski definition) is 7. The van der Waals surface area contributed by atoms with Crippen LogP contribution in [-0.4, -0.2) is 30.0 Å². The predicted molar refractivity (Wildman–Crippen MR) is 109 cm³/mol. The highest BCUT2D eigenvalue weighted by atomic mass is 35.5. The summed E-state index contributed by atoms with van der Waals surface area (Å²) in [5, 5.41) is 3.41. The third-order valence-corrected chi connectivity index (χ3v) is 6.43. The molecule has 1 heterocycles. The summed E-state index contributed by atoms with van der Waals surface area (Å²) in [5.41, 5.74) is 6.40. The molecule has 2 aromatic carbocycles. The van der Waals surface area contributed by atoms with Crippen molar-refractivity contribution in [1.82, 2.24) is 9.97 Å². The fourth-order valence-electron chi connectivity index (χ4n) is 2.26. The average Bonchev–Trinajstić information content (AvgIpc) is 2.67. The van der Waals surface area contributed by atoms with Crippen LogP contribution in [0.2, 0.25) is 5.02 Å². The normalized spacial score (nSPS) is 11.2. The van der Waals surface area contributed by atoms with E-state index in [9.17, 15) is 13.2 Å². The lowest BCUT2D eigenvalue weighted by Gasteiger charge is -2.08. The number of nitrogens with zero attached hydrogens (tertiary/aromatic N) is 2. The second-order valence-electron chi connectivity index (χ2n) is 5.57. The number of anilines is 2. The van der Waals surface area contributed by atoms with Crippen molar-refractivity contribution >= 4 is 50.6 Å². The van der Waals surface area contributed by atoms with Crippen molar-refractivity contribution in [2.75, 3.05) is 16.8 Å². The summed E-state index contributed by atoms with van der Waals surface area (Å²) in [6.45, 7) is 0. The number of halogens is 1. The summed E-state index contributed by atoms with van der Waals surface area (Å²) in [7, 11) is -3.81. The van der Waals surface area contributed by atoms with E-state index in [-0.39, 0.29) is 32.4 Å². The van der Waals surface area contributed by atoms with Gasteiger partial charge in [-0.15, -0.1) is 0 Å². The van der Waals surface area contributed by atoms with Gasteiger partial charge in [0.2, 0.25) is 15.7 Å². The van der Waals surface area contributed by atoms with Gasteiger partial charge in [-0.3, -0.25) is 4.79 Å². The van der Waals surface area contributed by atoms with Crippen LogP contribution in [0.25, 0.3) is 0 Å². The van der Waals surface area contributed by atoms with E-state index in [1.165, 1.54) is 12.1 Å². The standard InChI is InChI=1S/C18H15ClN4O3S2/c19-12-5-4-6-13(9-12)22-16(24)11-27-18-21-10-15(17(20)23-18)28(25,26)14-7-2-1-3-8-14/h1-10H,11H2,(H,22,24)(H2,20,21,23). The zero-order valence-corrected chi connectivity index (χ0v) is 16.8. The van der Waals surface area contributed by atoms with Gasteiger partial charge in [0, 0.05) is 10.7 Å². The van der Waals surface area contributed by atoms with Gasteiger partial charge in [-0.2, -0.15) is 0 Å². The van der Waals surface area contributed by atoms with Gasteiger partial charge < -0.3 is 11.1 Å². The summed E-state index contributed by atoms with van der Waals surface area (Å²) >= 11 is 6.91. The van der Waals surface area contributed by atoms with Crippen LogP contribution >= 0.6 is 23.4 Å². The predicted octanol–water partition coefficient (Wildman–Crippen LogP) is 3.28. The molecule has 0 unspecified atom stereocenters. The van der Waals surface area contributed by atoms with Gasteiger partial charge in [-0.25, -0.2) is 18.4 Å². The van der Waals surface area contributed by atoms with E-state index in [1.807, 2.05) is 0 Å². The SMILES string of the molecule is Nc1nc(SCC(=O)Nc2cccc(Cl)c2)ncc1S(=O)(=O)c1ccccc1. The number of nitrogens with two attached hydrogens (primary N) is 1. The summed E-state index contributed by atoms with van der Waals surface area (Å²) in [6, 6.07) is 14.7. The topological polar surface area (TPSA) is 115 Å². The van der Waals surface area contributed by atoms with Crippen molar-refractivity contribution in [3.63, 3.8) is 0 Å². The Bertz CT molecular complexity index is 1110. The van der Waals surface area contributed by atoms with Crippen molar-refractivity contribution in [1.29, 1.82) is 0 Å². The summed E-state index contributed by atoms with van der Waals surface area (Å²) < 4.78 is 25.2. The van der Waals surface area contributed by atoms with Crippen LogP contribution in [0.1, 0.15) is 0 Å². The quantitative estimate of drug-likeness (QED) is 0.451. The lowest BCUT2D eigenvalue weighted by atomic mass is 10.3. The van der Waals surface area contributed by atoms with Crippen LogP contribution in [0, 0.1) is 0 Å². The molecule has 0 spiro atoms. The number of amides is 1. The number of rotatable bonds is 6. The first-order valence-corrected chi connectivity index (χ1v) is 10.8. The first-order valence-electron chi connectivity index (χ1n) is 7.97. The molecule has 0 bridgehead atoms. The molecule has 10 heteroatoms. The molecule has 1 aromatic heterocycles. The van der Waals surface area contributed by atoms with E-state index in [2.05, 4.69) is 15.3 Å². The van der Waals surface area contributed by atoms with E-state index in [0.29, 0.717) is 10.7 Å². The molecule has 0 aliphatic heterocycles. The minimum atomic E-state index is -3.81. The molecule has 3 N–H and O–H groups in total. The Balaban J connectivity index is 1.68. The highest BCUT2D eigenvalue weighted by molar-refractivity contribution is 7.99. The molecule has 3 rings (SSSR count). The Kier molecular flexibility index (Phi) is 6.18. The number of benzene rings is 2. The van der Waals surface area contributed by atoms with Crippen molar-refractivity contribution < 1.29 is 13.2 Å². The zero-order valence-electron chi connectivity index (χ0n) is 14.4. The number of carbonyl (C=O) groups is 1. The second-order valence-corrected chi connectivity index (χ2v) is 8.86. The van der Waals surface area contributed by atoms with Crippen molar-refractivity contribution in [3.05, 3.63) is 65.8 Å². The second kappa shape index (κ2) is 8.59. The molecular weight excluding hydrogens is 420 g/mol. The average molecular weight is 435 g/mol. The first-order chi connectivity index (χ1) is 13.4. The molecule has 1 amide bonds. The Hall–Kier alpha value is -2.62. The molecule has 3 aromatic rings. The largest absolute Gasteiger partial charge is 0.382 e. The highest BCUT2D eigenvalue weighted by Gasteiger charge is 2.22. The summed E-state index contributed by atoms with van der Waals surface area (Å²) in [5.74, 6) is -0.427. The lowest BCUT2D eigenvalue weighted by molar-refractivity contribution is -0.113. The molecule has 0 aliphatic carbocycles. The number of thioether (sulfide) groups is 1. The van der Waals surface area contributed by atoms with Crippen LogP contribution in [0.4, 0.5) is 11.5 Å². The van der Waals surface area contributed by atoms with E-state index in [1.54, 1.807) is 42.5 Å². The lowest BCUT2D eigenvalue weighted by Crippen LogP contribution is -2.14. The minimum Gasteiger partial charge on any atom is -0.382 e. The molecule has 144 valence electrons. The Morgan fingerprint density at radius 2 is 1.89 bits per heavy atom. The van der Waals surface area contributed by atoms with E-state index in [0.717, 1.165) is 18.0 Å². The highest BCUT2D eigenvalue weighted by Crippen LogP contribution is 2.26. The third kappa shape index (κ3) is 4.80. The summed E-state index contributed by atoms with van der Waals surface area (Å²) in [4.78, 5) is 20.0.